The summed E-state index contributed by atoms with van der Waals surface area (Å²) in [6.45, 7) is 2.47. The number of rotatable bonds is 3. The first-order valence-electron chi connectivity index (χ1n) is 4.27. The zero-order valence-corrected chi connectivity index (χ0v) is 7.77. The standard InChI is InChI=1S/C8H9BN4O/c1-2-14-12-7-5-13-4-6(9)10-3-8(13)11-7/h3-5,12H,2H2,1H3. The van der Waals surface area contributed by atoms with Gasteiger partial charge in [-0.1, -0.05) is 0 Å². The summed E-state index contributed by atoms with van der Waals surface area (Å²) in [5.74, 6) is 0.638. The van der Waals surface area contributed by atoms with Crippen molar-refractivity contribution in [2.45, 2.75) is 6.92 Å². The predicted octanol–water partition coefficient (Wildman–Crippen LogP) is -0.114. The largest absolute Gasteiger partial charge is 0.303 e. The smallest absolute Gasteiger partial charge is 0.169 e. The van der Waals surface area contributed by atoms with Crippen LogP contribution in [0.5, 0.6) is 0 Å². The Morgan fingerprint density at radius 3 is 3.21 bits per heavy atom. The summed E-state index contributed by atoms with van der Waals surface area (Å²) < 4.78 is 1.78. The zero-order chi connectivity index (χ0) is 9.97. The minimum Gasteiger partial charge on any atom is -0.303 e. The summed E-state index contributed by atoms with van der Waals surface area (Å²) in [5.41, 5.74) is 3.88. The molecular formula is C8H9BN4O. The van der Waals surface area contributed by atoms with E-state index < -0.39 is 0 Å². The highest BCUT2D eigenvalue weighted by molar-refractivity contribution is 6.30. The van der Waals surface area contributed by atoms with Crippen LogP contribution < -0.4 is 11.1 Å². The number of hydrogen-bond acceptors (Lipinski definition) is 4. The molecule has 2 radical (unpaired) electrons. The van der Waals surface area contributed by atoms with Gasteiger partial charge in [-0.15, -0.1) is 0 Å². The molecule has 0 amide bonds. The molecule has 0 saturated carbocycles. The van der Waals surface area contributed by atoms with Crippen LogP contribution in [0.15, 0.2) is 18.6 Å². The maximum absolute atomic E-state index is 5.52. The van der Waals surface area contributed by atoms with Gasteiger partial charge in [0.1, 0.15) is 7.85 Å². The summed E-state index contributed by atoms with van der Waals surface area (Å²) in [6, 6.07) is 0. The molecular weight excluding hydrogens is 179 g/mol. The average molecular weight is 188 g/mol. The van der Waals surface area contributed by atoms with Gasteiger partial charge in [-0.25, -0.2) is 10.5 Å². The fourth-order valence-corrected chi connectivity index (χ4v) is 1.11. The van der Waals surface area contributed by atoms with Crippen LogP contribution in [0, 0.1) is 0 Å². The average Bonchev–Trinajstić information content (AvgIpc) is 2.56. The fourth-order valence-electron chi connectivity index (χ4n) is 1.11. The van der Waals surface area contributed by atoms with Crippen molar-refractivity contribution in [1.29, 1.82) is 0 Å². The Kier molecular flexibility index (Phi) is 2.36. The normalized spacial score (nSPS) is 10.6. The van der Waals surface area contributed by atoms with E-state index in [1.807, 2.05) is 6.92 Å². The van der Waals surface area contributed by atoms with Crippen LogP contribution in [0.2, 0.25) is 0 Å². The summed E-state index contributed by atoms with van der Waals surface area (Å²) in [7, 11) is 5.52. The van der Waals surface area contributed by atoms with Gasteiger partial charge < -0.3 is 4.40 Å². The van der Waals surface area contributed by atoms with Crippen LogP contribution in [-0.2, 0) is 4.84 Å². The van der Waals surface area contributed by atoms with E-state index in [1.54, 1.807) is 23.0 Å². The number of anilines is 1. The van der Waals surface area contributed by atoms with Crippen molar-refractivity contribution in [1.82, 2.24) is 14.4 Å². The van der Waals surface area contributed by atoms with Gasteiger partial charge in [-0.05, 0) is 6.92 Å². The Bertz CT molecular complexity index is 442. The van der Waals surface area contributed by atoms with E-state index in [2.05, 4.69) is 15.4 Å². The van der Waals surface area contributed by atoms with Crippen molar-refractivity contribution in [3.05, 3.63) is 18.6 Å². The maximum Gasteiger partial charge on any atom is 0.169 e. The summed E-state index contributed by atoms with van der Waals surface area (Å²) in [4.78, 5) is 13.1. The molecule has 14 heavy (non-hydrogen) atoms. The molecule has 0 bridgehead atoms. The van der Waals surface area contributed by atoms with Crippen LogP contribution in [0.25, 0.3) is 5.65 Å². The third-order valence-electron chi connectivity index (χ3n) is 1.68. The molecule has 2 aromatic heterocycles. The Hall–Kier alpha value is -1.56. The van der Waals surface area contributed by atoms with E-state index in [9.17, 15) is 0 Å². The molecule has 1 N–H and O–H groups in total. The number of nitrogens with zero attached hydrogens (tertiary/aromatic N) is 3. The molecule has 5 nitrogen and oxygen atoms in total. The molecule has 2 rings (SSSR count). The molecule has 6 heteroatoms. The van der Waals surface area contributed by atoms with E-state index in [0.29, 0.717) is 18.0 Å². The lowest BCUT2D eigenvalue weighted by Crippen LogP contribution is -2.09. The van der Waals surface area contributed by atoms with Crippen LogP contribution >= 0.6 is 0 Å². The molecule has 2 heterocycles. The van der Waals surface area contributed by atoms with Crippen molar-refractivity contribution < 1.29 is 4.84 Å². The van der Waals surface area contributed by atoms with Crippen LogP contribution in [0.4, 0.5) is 5.82 Å². The first kappa shape index (κ1) is 9.02. The second kappa shape index (κ2) is 3.67. The first-order chi connectivity index (χ1) is 6.79. The zero-order valence-electron chi connectivity index (χ0n) is 7.77. The van der Waals surface area contributed by atoms with Gasteiger partial charge in [0.15, 0.2) is 11.5 Å². The highest BCUT2D eigenvalue weighted by Gasteiger charge is 2.00. The van der Waals surface area contributed by atoms with Crippen molar-refractivity contribution in [2.24, 2.45) is 0 Å². The van der Waals surface area contributed by atoms with Crippen LogP contribution in [0.1, 0.15) is 6.92 Å². The van der Waals surface area contributed by atoms with Gasteiger partial charge >= 0.3 is 0 Å². The quantitative estimate of drug-likeness (QED) is 0.539. The molecule has 2 aromatic rings. The van der Waals surface area contributed by atoms with E-state index in [-0.39, 0.29) is 0 Å². The van der Waals surface area contributed by atoms with Crippen molar-refractivity contribution >= 4 is 24.9 Å². The molecule has 0 aliphatic rings. The second-order valence-electron chi connectivity index (χ2n) is 2.74. The Balaban J connectivity index is 2.32. The first-order valence-corrected chi connectivity index (χ1v) is 4.27. The predicted molar refractivity (Wildman–Crippen MR) is 53.6 cm³/mol. The van der Waals surface area contributed by atoms with E-state index in [0.717, 1.165) is 5.65 Å². The number of hydrogen-bond donors (Lipinski definition) is 1. The van der Waals surface area contributed by atoms with Crippen molar-refractivity contribution in [3.63, 3.8) is 0 Å². The number of nitrogens with one attached hydrogen (secondary N) is 1. The van der Waals surface area contributed by atoms with E-state index >= 15 is 0 Å². The molecule has 0 spiro atoms. The van der Waals surface area contributed by atoms with Gasteiger partial charge in [0.2, 0.25) is 0 Å². The molecule has 0 atom stereocenters. The lowest BCUT2D eigenvalue weighted by atomic mass is 10.1. The topological polar surface area (TPSA) is 51.5 Å². The van der Waals surface area contributed by atoms with Crippen LogP contribution in [0.3, 0.4) is 0 Å². The number of aromatic nitrogens is 3. The van der Waals surface area contributed by atoms with Gasteiger partial charge in [0, 0.05) is 11.8 Å². The number of fused-ring (bicyclic) bond motifs is 1. The minimum atomic E-state index is 0.456. The monoisotopic (exact) mass is 188 g/mol. The lowest BCUT2D eigenvalue weighted by Gasteiger charge is -1.97. The second-order valence-corrected chi connectivity index (χ2v) is 2.74. The highest BCUT2D eigenvalue weighted by atomic mass is 16.6. The van der Waals surface area contributed by atoms with Gasteiger partial charge in [-0.3, -0.25) is 9.82 Å². The molecule has 0 fully saturated rings. The van der Waals surface area contributed by atoms with E-state index in [1.165, 1.54) is 0 Å². The molecule has 0 saturated heterocycles. The third kappa shape index (κ3) is 1.70. The lowest BCUT2D eigenvalue weighted by molar-refractivity contribution is 0.209. The molecule has 0 aliphatic carbocycles. The van der Waals surface area contributed by atoms with Crippen molar-refractivity contribution in [3.8, 4) is 0 Å². The highest BCUT2D eigenvalue weighted by Crippen LogP contribution is 2.06. The van der Waals surface area contributed by atoms with Gasteiger partial charge in [0.05, 0.1) is 19.0 Å². The third-order valence-corrected chi connectivity index (χ3v) is 1.68. The molecule has 70 valence electrons. The Morgan fingerprint density at radius 2 is 2.43 bits per heavy atom. The maximum atomic E-state index is 5.52. The van der Waals surface area contributed by atoms with Crippen LogP contribution in [-0.4, -0.2) is 28.8 Å². The number of imidazole rings is 1. The molecule has 0 aromatic carbocycles. The fraction of sp³-hybridized carbons (Fsp3) is 0.250. The van der Waals surface area contributed by atoms with Gasteiger partial charge in [0.25, 0.3) is 0 Å². The van der Waals surface area contributed by atoms with Crippen molar-refractivity contribution in [2.75, 3.05) is 12.1 Å². The summed E-state index contributed by atoms with van der Waals surface area (Å²) in [5, 5.41) is 0. The van der Waals surface area contributed by atoms with E-state index in [4.69, 9.17) is 12.7 Å². The molecule has 0 aliphatic heterocycles. The SMILES string of the molecule is [B]c1cn2cc(NOCC)nc2cn1. The Morgan fingerprint density at radius 1 is 1.57 bits per heavy atom. The molecule has 0 unspecified atom stereocenters. The van der Waals surface area contributed by atoms with Gasteiger partial charge in [-0.2, -0.15) is 0 Å². The Labute approximate surface area is 82.5 Å². The minimum absolute atomic E-state index is 0.456. The summed E-state index contributed by atoms with van der Waals surface area (Å²) in [6.07, 6.45) is 5.08. The summed E-state index contributed by atoms with van der Waals surface area (Å²) >= 11 is 0.